The van der Waals surface area contributed by atoms with Crippen molar-refractivity contribution in [3.63, 3.8) is 0 Å². The van der Waals surface area contributed by atoms with Crippen LogP contribution in [-0.2, 0) is 4.79 Å². The predicted octanol–water partition coefficient (Wildman–Crippen LogP) is 1.62. The maximum Gasteiger partial charge on any atom is 0.221 e. The molecular weight excluding hydrogens is 228 g/mol. The maximum absolute atomic E-state index is 11.5. The van der Waals surface area contributed by atoms with Crippen molar-refractivity contribution >= 4 is 5.91 Å². The first kappa shape index (κ1) is 14.5. The van der Waals surface area contributed by atoms with Crippen molar-refractivity contribution in [1.82, 2.24) is 5.32 Å². The summed E-state index contributed by atoms with van der Waals surface area (Å²) in [5.74, 6) is 0.786. The summed E-state index contributed by atoms with van der Waals surface area (Å²) in [6.07, 6.45) is 0.342. The topological polar surface area (TPSA) is 64.3 Å². The van der Waals surface area contributed by atoms with Gasteiger partial charge in [-0.15, -0.1) is 0 Å². The molecule has 3 N–H and O–H groups in total. The molecule has 0 saturated heterocycles. The lowest BCUT2D eigenvalue weighted by Gasteiger charge is -2.16. The van der Waals surface area contributed by atoms with E-state index in [9.17, 15) is 4.79 Å². The van der Waals surface area contributed by atoms with Gasteiger partial charge in [-0.1, -0.05) is 12.1 Å². The molecule has 2 unspecified atom stereocenters. The molecule has 4 heteroatoms. The summed E-state index contributed by atoms with van der Waals surface area (Å²) in [5, 5.41) is 2.85. The number of amides is 1. The van der Waals surface area contributed by atoms with Gasteiger partial charge in [-0.25, -0.2) is 0 Å². The van der Waals surface area contributed by atoms with Gasteiger partial charge < -0.3 is 15.8 Å². The van der Waals surface area contributed by atoms with Crippen LogP contribution in [0.4, 0.5) is 0 Å². The fourth-order valence-electron chi connectivity index (χ4n) is 1.59. The number of aryl methyl sites for hydroxylation is 1. The van der Waals surface area contributed by atoms with E-state index >= 15 is 0 Å². The molecule has 1 rings (SSSR count). The highest BCUT2D eigenvalue weighted by molar-refractivity contribution is 5.76. The van der Waals surface area contributed by atoms with Gasteiger partial charge in [-0.3, -0.25) is 4.79 Å². The van der Waals surface area contributed by atoms with Crippen LogP contribution in [-0.4, -0.2) is 24.6 Å². The minimum absolute atomic E-state index is 0.0308. The second-order valence-electron chi connectivity index (χ2n) is 4.78. The SMILES string of the molecule is Cc1cccc(OCC(C)NC(=O)CC(C)N)c1. The highest BCUT2D eigenvalue weighted by atomic mass is 16.5. The Morgan fingerprint density at radius 3 is 2.78 bits per heavy atom. The largest absolute Gasteiger partial charge is 0.491 e. The van der Waals surface area contributed by atoms with Gasteiger partial charge in [0.15, 0.2) is 0 Å². The molecule has 0 spiro atoms. The smallest absolute Gasteiger partial charge is 0.221 e. The Hall–Kier alpha value is -1.55. The molecule has 0 aliphatic rings. The van der Waals surface area contributed by atoms with E-state index in [1.165, 1.54) is 0 Å². The van der Waals surface area contributed by atoms with Crippen LogP contribution in [0, 0.1) is 6.92 Å². The number of nitrogens with one attached hydrogen (secondary N) is 1. The molecule has 18 heavy (non-hydrogen) atoms. The third-order valence-electron chi connectivity index (χ3n) is 2.40. The highest BCUT2D eigenvalue weighted by Gasteiger charge is 2.09. The fraction of sp³-hybridized carbons (Fsp3) is 0.500. The van der Waals surface area contributed by atoms with E-state index in [1.54, 1.807) is 0 Å². The van der Waals surface area contributed by atoms with Gasteiger partial charge in [0.1, 0.15) is 12.4 Å². The first-order valence-electron chi connectivity index (χ1n) is 6.22. The molecule has 0 radical (unpaired) electrons. The minimum atomic E-state index is -0.116. The van der Waals surface area contributed by atoms with Crippen molar-refractivity contribution in [3.05, 3.63) is 29.8 Å². The first-order chi connectivity index (χ1) is 8.47. The van der Waals surface area contributed by atoms with Crippen molar-refractivity contribution < 1.29 is 9.53 Å². The van der Waals surface area contributed by atoms with E-state index < -0.39 is 0 Å². The van der Waals surface area contributed by atoms with E-state index in [-0.39, 0.29) is 18.0 Å². The Kier molecular flexibility index (Phi) is 5.65. The average molecular weight is 250 g/mol. The number of nitrogens with two attached hydrogens (primary N) is 1. The molecule has 0 fully saturated rings. The van der Waals surface area contributed by atoms with Crippen molar-refractivity contribution in [2.75, 3.05) is 6.61 Å². The van der Waals surface area contributed by atoms with Gasteiger partial charge in [0.05, 0.1) is 6.04 Å². The maximum atomic E-state index is 11.5. The van der Waals surface area contributed by atoms with Crippen LogP contribution >= 0.6 is 0 Å². The van der Waals surface area contributed by atoms with Crippen LogP contribution in [0.15, 0.2) is 24.3 Å². The van der Waals surface area contributed by atoms with Crippen molar-refractivity contribution in [1.29, 1.82) is 0 Å². The number of hydrogen-bond acceptors (Lipinski definition) is 3. The van der Waals surface area contributed by atoms with E-state index in [0.717, 1.165) is 11.3 Å². The standard InChI is InChI=1S/C14H22N2O2/c1-10-5-4-6-13(7-10)18-9-12(3)16-14(17)8-11(2)15/h4-7,11-12H,8-9,15H2,1-3H3,(H,16,17). The van der Waals surface area contributed by atoms with Crippen molar-refractivity contribution in [2.24, 2.45) is 5.73 Å². The van der Waals surface area contributed by atoms with E-state index in [1.807, 2.05) is 45.0 Å². The number of carbonyl (C=O) groups excluding carboxylic acids is 1. The van der Waals surface area contributed by atoms with Gasteiger partial charge in [-0.2, -0.15) is 0 Å². The van der Waals surface area contributed by atoms with Gasteiger partial charge in [-0.05, 0) is 38.5 Å². The number of benzene rings is 1. The lowest BCUT2D eigenvalue weighted by Crippen LogP contribution is -2.39. The fourth-order valence-corrected chi connectivity index (χ4v) is 1.59. The van der Waals surface area contributed by atoms with E-state index in [0.29, 0.717) is 13.0 Å². The number of carbonyl (C=O) groups is 1. The zero-order valence-electron chi connectivity index (χ0n) is 11.3. The number of rotatable bonds is 6. The summed E-state index contributed by atoms with van der Waals surface area (Å²) in [7, 11) is 0. The van der Waals surface area contributed by atoms with Crippen LogP contribution in [0.25, 0.3) is 0 Å². The zero-order chi connectivity index (χ0) is 13.5. The van der Waals surface area contributed by atoms with Crippen LogP contribution < -0.4 is 15.8 Å². The first-order valence-corrected chi connectivity index (χ1v) is 6.22. The summed E-state index contributed by atoms with van der Waals surface area (Å²) in [6.45, 7) is 6.19. The molecule has 0 aliphatic carbocycles. The quantitative estimate of drug-likeness (QED) is 0.806. The molecule has 1 aromatic rings. The third kappa shape index (κ3) is 5.68. The van der Waals surface area contributed by atoms with Crippen LogP contribution in [0.5, 0.6) is 5.75 Å². The molecule has 4 nitrogen and oxygen atoms in total. The number of hydrogen-bond donors (Lipinski definition) is 2. The predicted molar refractivity (Wildman–Crippen MR) is 72.5 cm³/mol. The minimum Gasteiger partial charge on any atom is -0.491 e. The number of ether oxygens (including phenoxy) is 1. The second kappa shape index (κ2) is 7.01. The molecular formula is C14H22N2O2. The Bertz CT molecular complexity index is 391. The molecule has 0 heterocycles. The Balaban J connectivity index is 2.33. The highest BCUT2D eigenvalue weighted by Crippen LogP contribution is 2.12. The van der Waals surface area contributed by atoms with Gasteiger partial charge in [0.2, 0.25) is 5.91 Å². The lowest BCUT2D eigenvalue weighted by molar-refractivity contribution is -0.122. The lowest BCUT2D eigenvalue weighted by atomic mass is 10.2. The normalized spacial score (nSPS) is 13.8. The van der Waals surface area contributed by atoms with Crippen LogP contribution in [0.3, 0.4) is 0 Å². The summed E-state index contributed by atoms with van der Waals surface area (Å²) in [6, 6.07) is 7.69. The van der Waals surface area contributed by atoms with Gasteiger partial charge >= 0.3 is 0 Å². The molecule has 1 amide bonds. The second-order valence-corrected chi connectivity index (χ2v) is 4.78. The van der Waals surface area contributed by atoms with Gasteiger partial charge in [0.25, 0.3) is 0 Å². The molecule has 0 saturated carbocycles. The van der Waals surface area contributed by atoms with Gasteiger partial charge in [0, 0.05) is 12.5 Å². The molecule has 0 aliphatic heterocycles. The van der Waals surface area contributed by atoms with Crippen molar-refractivity contribution in [2.45, 2.75) is 39.3 Å². The third-order valence-corrected chi connectivity index (χ3v) is 2.40. The summed E-state index contributed by atoms with van der Waals surface area (Å²) < 4.78 is 5.61. The van der Waals surface area contributed by atoms with Crippen LogP contribution in [0.2, 0.25) is 0 Å². The molecule has 100 valence electrons. The Morgan fingerprint density at radius 2 is 2.17 bits per heavy atom. The van der Waals surface area contributed by atoms with E-state index in [4.69, 9.17) is 10.5 Å². The molecule has 0 aromatic heterocycles. The van der Waals surface area contributed by atoms with Crippen molar-refractivity contribution in [3.8, 4) is 5.75 Å². The Morgan fingerprint density at radius 1 is 1.44 bits per heavy atom. The molecule has 1 aromatic carbocycles. The van der Waals surface area contributed by atoms with Crippen LogP contribution in [0.1, 0.15) is 25.8 Å². The molecule has 0 bridgehead atoms. The summed E-state index contributed by atoms with van der Waals surface area (Å²) >= 11 is 0. The average Bonchev–Trinajstić information content (AvgIpc) is 2.25. The molecule has 2 atom stereocenters. The monoisotopic (exact) mass is 250 g/mol. The zero-order valence-corrected chi connectivity index (χ0v) is 11.3. The summed E-state index contributed by atoms with van der Waals surface area (Å²) in [5.41, 5.74) is 6.71. The van der Waals surface area contributed by atoms with E-state index in [2.05, 4.69) is 5.32 Å². The summed E-state index contributed by atoms with van der Waals surface area (Å²) in [4.78, 5) is 11.5. The Labute approximate surface area is 109 Å².